The first-order valence-corrected chi connectivity index (χ1v) is 5.40. The zero-order valence-electron chi connectivity index (χ0n) is 9.89. The van der Waals surface area contributed by atoms with Crippen LogP contribution in [0.2, 0.25) is 0 Å². The summed E-state index contributed by atoms with van der Waals surface area (Å²) in [5.74, 6) is 0.287. The number of H-pyrrole nitrogens is 1. The van der Waals surface area contributed by atoms with Gasteiger partial charge in [0.15, 0.2) is 0 Å². The second-order valence-electron chi connectivity index (χ2n) is 4.17. The van der Waals surface area contributed by atoms with Crippen LogP contribution in [-0.4, -0.2) is 17.6 Å². The Bertz CT molecular complexity index is 339. The smallest absolute Gasteiger partial charge is 0.355 e. The van der Waals surface area contributed by atoms with E-state index in [9.17, 15) is 4.79 Å². The molecule has 0 unspecified atom stereocenters. The van der Waals surface area contributed by atoms with Crippen molar-refractivity contribution in [2.24, 2.45) is 5.92 Å². The van der Waals surface area contributed by atoms with Crippen LogP contribution in [0.4, 0.5) is 0 Å². The zero-order valence-corrected chi connectivity index (χ0v) is 9.89. The molecule has 0 saturated heterocycles. The summed E-state index contributed by atoms with van der Waals surface area (Å²) in [4.78, 5) is 14.7. The van der Waals surface area contributed by atoms with Crippen LogP contribution in [-0.2, 0) is 11.2 Å². The third-order valence-corrected chi connectivity index (χ3v) is 2.14. The second kappa shape index (κ2) is 5.01. The summed E-state index contributed by atoms with van der Waals surface area (Å²) in [5, 5.41) is 0. The third kappa shape index (κ3) is 3.11. The zero-order chi connectivity index (χ0) is 11.4. The molecule has 0 spiro atoms. The van der Waals surface area contributed by atoms with Crippen LogP contribution in [0.15, 0.2) is 6.07 Å². The van der Waals surface area contributed by atoms with Crippen LogP contribution in [0.3, 0.4) is 0 Å². The molecule has 1 N–H and O–H groups in total. The number of carbonyl (C=O) groups excluding carboxylic acids is 1. The summed E-state index contributed by atoms with van der Waals surface area (Å²) < 4.78 is 4.99. The van der Waals surface area contributed by atoms with Gasteiger partial charge in [-0.1, -0.05) is 13.8 Å². The predicted molar refractivity (Wildman–Crippen MR) is 60.0 cm³/mol. The molecule has 0 fully saturated rings. The van der Waals surface area contributed by atoms with Gasteiger partial charge in [0.25, 0.3) is 0 Å². The first-order chi connectivity index (χ1) is 7.04. The number of esters is 1. The summed E-state index contributed by atoms with van der Waals surface area (Å²) in [6.45, 7) is 8.45. The number of carbonyl (C=O) groups is 1. The Kier molecular flexibility index (Phi) is 3.95. The van der Waals surface area contributed by atoms with E-state index >= 15 is 0 Å². The Hall–Kier alpha value is -1.25. The van der Waals surface area contributed by atoms with Gasteiger partial charge in [-0.15, -0.1) is 0 Å². The van der Waals surface area contributed by atoms with E-state index in [0.717, 1.165) is 17.7 Å². The summed E-state index contributed by atoms with van der Waals surface area (Å²) in [6.07, 6.45) is 0.901. The number of rotatable bonds is 4. The minimum Gasteiger partial charge on any atom is -0.461 e. The molecule has 0 aliphatic carbocycles. The Morgan fingerprint density at radius 1 is 1.53 bits per heavy atom. The lowest BCUT2D eigenvalue weighted by atomic mass is 10.0. The van der Waals surface area contributed by atoms with Crippen molar-refractivity contribution in [3.63, 3.8) is 0 Å². The predicted octanol–water partition coefficient (Wildman–Crippen LogP) is 2.70. The van der Waals surface area contributed by atoms with Crippen molar-refractivity contribution in [2.75, 3.05) is 6.61 Å². The molecule has 0 amide bonds. The fourth-order valence-corrected chi connectivity index (χ4v) is 1.63. The number of nitrogens with one attached hydrogen (secondary N) is 1. The van der Waals surface area contributed by atoms with E-state index in [4.69, 9.17) is 4.74 Å². The molecule has 3 nitrogen and oxygen atoms in total. The van der Waals surface area contributed by atoms with E-state index in [2.05, 4.69) is 18.8 Å². The molecule has 1 rings (SSSR count). The van der Waals surface area contributed by atoms with Crippen LogP contribution in [0, 0.1) is 12.8 Å². The van der Waals surface area contributed by atoms with Crippen molar-refractivity contribution >= 4 is 5.97 Å². The van der Waals surface area contributed by atoms with E-state index in [0.29, 0.717) is 18.2 Å². The minimum absolute atomic E-state index is 0.249. The van der Waals surface area contributed by atoms with Crippen molar-refractivity contribution in [3.8, 4) is 0 Å². The van der Waals surface area contributed by atoms with Gasteiger partial charge < -0.3 is 9.72 Å². The lowest BCUT2D eigenvalue weighted by Crippen LogP contribution is -2.09. The number of aryl methyl sites for hydroxylation is 1. The Balaban J connectivity index is 2.90. The van der Waals surface area contributed by atoms with E-state index < -0.39 is 0 Å². The van der Waals surface area contributed by atoms with Gasteiger partial charge in [0.1, 0.15) is 5.69 Å². The van der Waals surface area contributed by atoms with Gasteiger partial charge in [-0.2, -0.15) is 0 Å². The maximum absolute atomic E-state index is 11.6. The fourth-order valence-electron chi connectivity index (χ4n) is 1.63. The van der Waals surface area contributed by atoms with Crippen molar-refractivity contribution in [1.29, 1.82) is 0 Å². The molecule has 0 aromatic carbocycles. The van der Waals surface area contributed by atoms with Crippen molar-refractivity contribution in [3.05, 3.63) is 23.0 Å². The van der Waals surface area contributed by atoms with Crippen LogP contribution >= 0.6 is 0 Å². The fraction of sp³-hybridized carbons (Fsp3) is 0.583. The lowest BCUT2D eigenvalue weighted by Gasteiger charge is -2.05. The van der Waals surface area contributed by atoms with Gasteiger partial charge >= 0.3 is 5.97 Å². The average Bonchev–Trinajstić information content (AvgIpc) is 2.46. The molecule has 15 heavy (non-hydrogen) atoms. The van der Waals surface area contributed by atoms with Crippen LogP contribution in [0.1, 0.15) is 42.5 Å². The summed E-state index contributed by atoms with van der Waals surface area (Å²) in [5.41, 5.74) is 2.68. The molecule has 0 atom stereocenters. The summed E-state index contributed by atoms with van der Waals surface area (Å²) in [6, 6.07) is 2.02. The minimum atomic E-state index is -0.249. The Morgan fingerprint density at radius 2 is 2.20 bits per heavy atom. The molecule has 0 radical (unpaired) electrons. The standard InChI is InChI=1S/C12H19NO2/c1-5-15-12(14)11-10(6-8(2)3)7-9(4)13-11/h7-8,13H,5-6H2,1-4H3. The monoisotopic (exact) mass is 209 g/mol. The highest BCUT2D eigenvalue weighted by Crippen LogP contribution is 2.16. The molecule has 84 valence electrons. The number of hydrogen-bond acceptors (Lipinski definition) is 2. The normalized spacial score (nSPS) is 10.7. The average molecular weight is 209 g/mol. The highest BCUT2D eigenvalue weighted by molar-refractivity contribution is 5.89. The number of aromatic nitrogens is 1. The van der Waals surface area contributed by atoms with Crippen LogP contribution in [0.25, 0.3) is 0 Å². The largest absolute Gasteiger partial charge is 0.461 e. The summed E-state index contributed by atoms with van der Waals surface area (Å²) in [7, 11) is 0. The molecule has 0 bridgehead atoms. The molecule has 1 aromatic rings. The molecule has 3 heteroatoms. The van der Waals surface area contributed by atoms with Gasteiger partial charge in [0, 0.05) is 5.69 Å². The third-order valence-electron chi connectivity index (χ3n) is 2.14. The van der Waals surface area contributed by atoms with Crippen molar-refractivity contribution in [2.45, 2.75) is 34.1 Å². The molecular weight excluding hydrogens is 190 g/mol. The molecule has 0 aliphatic rings. The summed E-state index contributed by atoms with van der Waals surface area (Å²) >= 11 is 0. The quantitative estimate of drug-likeness (QED) is 0.775. The topological polar surface area (TPSA) is 42.1 Å². The first kappa shape index (κ1) is 11.8. The van der Waals surface area contributed by atoms with Crippen LogP contribution in [0.5, 0.6) is 0 Å². The number of ether oxygens (including phenoxy) is 1. The van der Waals surface area contributed by atoms with Crippen molar-refractivity contribution in [1.82, 2.24) is 4.98 Å². The van der Waals surface area contributed by atoms with E-state index in [1.54, 1.807) is 0 Å². The Labute approximate surface area is 90.8 Å². The number of hydrogen-bond donors (Lipinski definition) is 1. The molecular formula is C12H19NO2. The maximum atomic E-state index is 11.6. The second-order valence-corrected chi connectivity index (χ2v) is 4.17. The Morgan fingerprint density at radius 3 is 2.73 bits per heavy atom. The van der Waals surface area contributed by atoms with Crippen LogP contribution < -0.4 is 0 Å². The molecule has 0 aliphatic heterocycles. The van der Waals surface area contributed by atoms with Crippen molar-refractivity contribution < 1.29 is 9.53 Å². The molecule has 0 saturated carbocycles. The van der Waals surface area contributed by atoms with Gasteiger partial charge in [0.05, 0.1) is 6.61 Å². The molecule has 1 aromatic heterocycles. The lowest BCUT2D eigenvalue weighted by molar-refractivity contribution is 0.0518. The van der Waals surface area contributed by atoms with E-state index in [1.807, 2.05) is 19.9 Å². The van der Waals surface area contributed by atoms with Gasteiger partial charge in [-0.3, -0.25) is 0 Å². The van der Waals surface area contributed by atoms with Gasteiger partial charge in [0.2, 0.25) is 0 Å². The highest BCUT2D eigenvalue weighted by atomic mass is 16.5. The van der Waals surface area contributed by atoms with E-state index in [-0.39, 0.29) is 5.97 Å². The first-order valence-electron chi connectivity index (χ1n) is 5.40. The number of aromatic amines is 1. The van der Waals surface area contributed by atoms with Gasteiger partial charge in [-0.25, -0.2) is 4.79 Å². The maximum Gasteiger partial charge on any atom is 0.355 e. The SMILES string of the molecule is CCOC(=O)c1[nH]c(C)cc1CC(C)C. The molecule has 1 heterocycles. The van der Waals surface area contributed by atoms with E-state index in [1.165, 1.54) is 0 Å². The highest BCUT2D eigenvalue weighted by Gasteiger charge is 2.15. The van der Waals surface area contributed by atoms with Gasteiger partial charge in [-0.05, 0) is 37.8 Å².